The number of aromatic nitrogens is 2. The van der Waals surface area contributed by atoms with Crippen LogP contribution in [0.25, 0.3) is 0 Å². The molecule has 0 radical (unpaired) electrons. The summed E-state index contributed by atoms with van der Waals surface area (Å²) < 4.78 is 5.40. The molecule has 0 spiro atoms. The summed E-state index contributed by atoms with van der Waals surface area (Å²) in [6.07, 6.45) is 1.93. The van der Waals surface area contributed by atoms with Crippen molar-refractivity contribution in [1.29, 1.82) is 0 Å². The van der Waals surface area contributed by atoms with Crippen LogP contribution in [0, 0.1) is 13.8 Å². The number of pyridine rings is 1. The highest BCUT2D eigenvalue weighted by Gasteiger charge is 2.14. The van der Waals surface area contributed by atoms with E-state index in [0.717, 1.165) is 22.4 Å². The number of anilines is 1. The molecule has 0 bridgehead atoms. The topological polar surface area (TPSA) is 94.0 Å². The van der Waals surface area contributed by atoms with Crippen LogP contribution >= 0.6 is 0 Å². The van der Waals surface area contributed by atoms with Crippen molar-refractivity contribution in [1.82, 2.24) is 15.3 Å². The normalized spacial score (nSPS) is 10.6. The predicted octanol–water partition coefficient (Wildman–Crippen LogP) is 2.79. The molecule has 25 heavy (non-hydrogen) atoms. The summed E-state index contributed by atoms with van der Waals surface area (Å²) in [4.78, 5) is 20.8. The van der Waals surface area contributed by atoms with Gasteiger partial charge in [0.25, 0.3) is 5.91 Å². The molecule has 128 valence electrons. The Hall–Kier alpha value is -3.15. The molecule has 0 aliphatic rings. The number of nitrogen functional groups attached to an aromatic ring is 1. The van der Waals surface area contributed by atoms with Gasteiger partial charge in [0.15, 0.2) is 11.6 Å². The number of hydrogen-bond acceptors (Lipinski definition) is 5. The van der Waals surface area contributed by atoms with Crippen molar-refractivity contribution in [2.75, 3.05) is 5.73 Å². The van der Waals surface area contributed by atoms with Gasteiger partial charge in [-0.1, -0.05) is 30.3 Å². The molecule has 0 aliphatic heterocycles. The number of carbonyl (C=O) groups excluding carboxylic acids is 1. The molecular formula is C19H20N4O2. The quantitative estimate of drug-likeness (QED) is 0.747. The molecule has 3 rings (SSSR count). The summed E-state index contributed by atoms with van der Waals surface area (Å²) in [5, 5.41) is 2.85. The molecule has 0 aliphatic carbocycles. The van der Waals surface area contributed by atoms with Gasteiger partial charge in [-0.15, -0.1) is 0 Å². The molecule has 3 aromatic rings. The molecule has 0 fully saturated rings. The average Bonchev–Trinajstić information content (AvgIpc) is 3.03. The number of nitrogens with two attached hydrogens (primary N) is 1. The lowest BCUT2D eigenvalue weighted by Gasteiger charge is -2.10. The van der Waals surface area contributed by atoms with Gasteiger partial charge in [0.2, 0.25) is 0 Å². The number of amides is 1. The van der Waals surface area contributed by atoms with E-state index in [1.807, 2.05) is 44.2 Å². The molecular weight excluding hydrogens is 316 g/mol. The molecule has 1 aromatic carbocycles. The SMILES string of the molecule is Cc1cc(N)nc(C)c1CNC(=O)c1coc(Cc2ccccc2)n1. The summed E-state index contributed by atoms with van der Waals surface area (Å²) in [7, 11) is 0. The summed E-state index contributed by atoms with van der Waals surface area (Å²) in [6.45, 7) is 4.18. The standard InChI is InChI=1S/C19H20N4O2/c1-12-8-17(20)22-13(2)15(12)10-21-19(24)16-11-25-18(23-16)9-14-6-4-3-5-7-14/h3-8,11H,9-10H2,1-2H3,(H2,20,22)(H,21,24). The molecule has 1 amide bonds. The fourth-order valence-corrected chi connectivity index (χ4v) is 2.68. The Morgan fingerprint density at radius 2 is 1.96 bits per heavy atom. The lowest BCUT2D eigenvalue weighted by molar-refractivity contribution is 0.0945. The Labute approximate surface area is 146 Å². The minimum atomic E-state index is -0.279. The van der Waals surface area contributed by atoms with Crippen LogP contribution in [0.1, 0.15) is 38.8 Å². The Morgan fingerprint density at radius 1 is 1.20 bits per heavy atom. The number of aryl methyl sites for hydroxylation is 2. The highest BCUT2D eigenvalue weighted by Crippen LogP contribution is 2.15. The maximum Gasteiger partial charge on any atom is 0.273 e. The van der Waals surface area contributed by atoms with Crippen LogP contribution in [-0.4, -0.2) is 15.9 Å². The van der Waals surface area contributed by atoms with Crippen molar-refractivity contribution in [2.45, 2.75) is 26.8 Å². The van der Waals surface area contributed by atoms with E-state index in [1.165, 1.54) is 6.26 Å². The number of hydrogen-bond donors (Lipinski definition) is 2. The van der Waals surface area contributed by atoms with Crippen molar-refractivity contribution < 1.29 is 9.21 Å². The lowest BCUT2D eigenvalue weighted by Crippen LogP contribution is -2.24. The van der Waals surface area contributed by atoms with Gasteiger partial charge in [0.05, 0.1) is 0 Å². The van der Waals surface area contributed by atoms with Crippen molar-refractivity contribution in [3.63, 3.8) is 0 Å². The summed E-state index contributed by atoms with van der Waals surface area (Å²) in [5.41, 5.74) is 9.83. The van der Waals surface area contributed by atoms with Crippen molar-refractivity contribution in [3.05, 3.63) is 76.6 Å². The van der Waals surface area contributed by atoms with E-state index in [1.54, 1.807) is 6.07 Å². The van der Waals surface area contributed by atoms with Crippen LogP contribution in [0.5, 0.6) is 0 Å². The molecule has 3 N–H and O–H groups in total. The summed E-state index contributed by atoms with van der Waals surface area (Å²) in [5.74, 6) is 0.712. The Balaban J connectivity index is 1.64. The van der Waals surface area contributed by atoms with E-state index in [4.69, 9.17) is 10.2 Å². The van der Waals surface area contributed by atoms with Crippen LogP contribution < -0.4 is 11.1 Å². The van der Waals surface area contributed by atoms with Crippen LogP contribution in [-0.2, 0) is 13.0 Å². The van der Waals surface area contributed by atoms with E-state index < -0.39 is 0 Å². The molecule has 6 nitrogen and oxygen atoms in total. The number of nitrogens with one attached hydrogen (secondary N) is 1. The zero-order chi connectivity index (χ0) is 17.8. The van der Waals surface area contributed by atoms with E-state index >= 15 is 0 Å². The highest BCUT2D eigenvalue weighted by molar-refractivity contribution is 5.91. The average molecular weight is 336 g/mol. The van der Waals surface area contributed by atoms with Gasteiger partial charge >= 0.3 is 0 Å². The Morgan fingerprint density at radius 3 is 2.68 bits per heavy atom. The van der Waals surface area contributed by atoms with E-state index in [9.17, 15) is 4.79 Å². The first kappa shape index (κ1) is 16.7. The molecule has 2 aromatic heterocycles. The summed E-state index contributed by atoms with van der Waals surface area (Å²) >= 11 is 0. The van der Waals surface area contributed by atoms with E-state index in [0.29, 0.717) is 24.7 Å². The zero-order valence-electron chi connectivity index (χ0n) is 14.2. The lowest BCUT2D eigenvalue weighted by atomic mass is 10.1. The van der Waals surface area contributed by atoms with E-state index in [2.05, 4.69) is 15.3 Å². The van der Waals surface area contributed by atoms with Crippen LogP contribution in [0.2, 0.25) is 0 Å². The van der Waals surface area contributed by atoms with Gasteiger partial charge in [0.1, 0.15) is 12.1 Å². The second-order valence-corrected chi connectivity index (χ2v) is 5.90. The summed E-state index contributed by atoms with van der Waals surface area (Å²) in [6, 6.07) is 11.6. The first-order chi connectivity index (χ1) is 12.0. The van der Waals surface area contributed by atoms with Gasteiger partial charge in [-0.3, -0.25) is 4.79 Å². The predicted molar refractivity (Wildman–Crippen MR) is 95.0 cm³/mol. The van der Waals surface area contributed by atoms with Crippen LogP contribution in [0.3, 0.4) is 0 Å². The molecule has 0 unspecified atom stereocenters. The van der Waals surface area contributed by atoms with Crippen molar-refractivity contribution >= 4 is 11.7 Å². The number of oxazole rings is 1. The fourth-order valence-electron chi connectivity index (χ4n) is 2.68. The van der Waals surface area contributed by atoms with Crippen LogP contribution in [0.4, 0.5) is 5.82 Å². The second-order valence-electron chi connectivity index (χ2n) is 5.90. The maximum atomic E-state index is 12.3. The fraction of sp³-hybridized carbons (Fsp3) is 0.211. The van der Waals surface area contributed by atoms with Gasteiger partial charge in [-0.05, 0) is 36.6 Å². The maximum absolute atomic E-state index is 12.3. The Kier molecular flexibility index (Phi) is 4.79. The minimum Gasteiger partial charge on any atom is -0.448 e. The van der Waals surface area contributed by atoms with Gasteiger partial charge in [-0.25, -0.2) is 9.97 Å². The molecule has 0 atom stereocenters. The largest absolute Gasteiger partial charge is 0.448 e. The molecule has 6 heteroatoms. The minimum absolute atomic E-state index is 0.268. The van der Waals surface area contributed by atoms with Crippen molar-refractivity contribution in [3.8, 4) is 0 Å². The third-order valence-electron chi connectivity index (χ3n) is 3.98. The number of benzene rings is 1. The monoisotopic (exact) mass is 336 g/mol. The third kappa shape index (κ3) is 4.03. The van der Waals surface area contributed by atoms with Gasteiger partial charge in [0, 0.05) is 18.7 Å². The smallest absolute Gasteiger partial charge is 0.273 e. The van der Waals surface area contributed by atoms with Crippen molar-refractivity contribution in [2.24, 2.45) is 0 Å². The van der Waals surface area contributed by atoms with Gasteiger partial charge in [-0.2, -0.15) is 0 Å². The zero-order valence-corrected chi connectivity index (χ0v) is 14.2. The van der Waals surface area contributed by atoms with Crippen LogP contribution in [0.15, 0.2) is 47.1 Å². The molecule has 0 saturated carbocycles. The number of carbonyl (C=O) groups is 1. The first-order valence-corrected chi connectivity index (χ1v) is 8.02. The molecule has 0 saturated heterocycles. The second kappa shape index (κ2) is 7.17. The molecule has 2 heterocycles. The van der Waals surface area contributed by atoms with Gasteiger partial charge < -0.3 is 15.5 Å². The Bertz CT molecular complexity index is 864. The number of nitrogens with zero attached hydrogens (tertiary/aromatic N) is 2. The third-order valence-corrected chi connectivity index (χ3v) is 3.98. The highest BCUT2D eigenvalue weighted by atomic mass is 16.3. The number of rotatable bonds is 5. The van der Waals surface area contributed by atoms with E-state index in [-0.39, 0.29) is 11.6 Å². The first-order valence-electron chi connectivity index (χ1n) is 8.02.